The maximum Gasteiger partial charge on any atom is 0.338 e. The zero-order valence-electron chi connectivity index (χ0n) is 13.8. The van der Waals surface area contributed by atoms with E-state index in [1.54, 1.807) is 0 Å². The largest absolute Gasteiger partial charge is 0.466 e. The third kappa shape index (κ3) is 4.74. The molecule has 0 atom stereocenters. The van der Waals surface area contributed by atoms with E-state index in [0.717, 1.165) is 26.4 Å². The smallest absolute Gasteiger partial charge is 0.338 e. The number of nitrogens with two attached hydrogens (primary N) is 1. The van der Waals surface area contributed by atoms with Crippen LogP contribution in [0, 0.1) is 10.1 Å². The second-order valence-electron chi connectivity index (χ2n) is 4.77. The average Bonchev–Trinajstić information content (AvgIpc) is 2.59. The molecule has 0 amide bonds. The number of esters is 2. The maximum absolute atomic E-state index is 12.7. The van der Waals surface area contributed by atoms with Gasteiger partial charge in [-0.05, 0) is 6.92 Å². The van der Waals surface area contributed by atoms with Crippen molar-refractivity contribution in [1.29, 1.82) is 0 Å². The van der Waals surface area contributed by atoms with Gasteiger partial charge in [0, 0.05) is 29.5 Å². The third-order valence-electron chi connectivity index (χ3n) is 3.08. The lowest BCUT2D eigenvalue weighted by Crippen LogP contribution is -2.19. The second-order valence-corrected chi connectivity index (χ2v) is 4.77. The van der Waals surface area contributed by atoms with Crippen LogP contribution in [-0.2, 0) is 19.1 Å². The molecule has 9 nitrogen and oxygen atoms in total. The predicted octanol–water partition coefficient (Wildman–Crippen LogP) is 1.28. The summed E-state index contributed by atoms with van der Waals surface area (Å²) < 4.78 is 9.03. The van der Waals surface area contributed by atoms with Crippen molar-refractivity contribution >= 4 is 23.4 Å². The molecule has 1 aromatic rings. The Kier molecular flexibility index (Phi) is 6.56. The van der Waals surface area contributed by atoms with E-state index in [0.29, 0.717) is 0 Å². The highest BCUT2D eigenvalue weighted by atomic mass is 16.6. The van der Waals surface area contributed by atoms with Crippen molar-refractivity contribution in [2.75, 3.05) is 14.2 Å². The van der Waals surface area contributed by atoms with Gasteiger partial charge >= 0.3 is 11.9 Å². The van der Waals surface area contributed by atoms with Crippen LogP contribution in [0.1, 0.15) is 17.3 Å². The Morgan fingerprint density at radius 3 is 2.32 bits per heavy atom. The maximum atomic E-state index is 12.7. The number of allylic oxidation sites excluding steroid dienone is 1. The van der Waals surface area contributed by atoms with Crippen molar-refractivity contribution in [3.05, 3.63) is 62.9 Å². The molecule has 0 unspecified atom stereocenters. The van der Waals surface area contributed by atoms with Crippen molar-refractivity contribution in [2.45, 2.75) is 6.92 Å². The third-order valence-corrected chi connectivity index (χ3v) is 3.08. The molecule has 0 heterocycles. The fourth-order valence-corrected chi connectivity index (χ4v) is 1.94. The van der Waals surface area contributed by atoms with Gasteiger partial charge in [0.1, 0.15) is 0 Å². The van der Waals surface area contributed by atoms with Crippen LogP contribution in [0.15, 0.2) is 47.2 Å². The van der Waals surface area contributed by atoms with Crippen molar-refractivity contribution in [3.63, 3.8) is 0 Å². The van der Waals surface area contributed by atoms with E-state index in [4.69, 9.17) is 5.73 Å². The number of carbonyl (C=O) groups is 3. The van der Waals surface area contributed by atoms with Crippen LogP contribution in [0.2, 0.25) is 0 Å². The molecule has 0 fully saturated rings. The number of non-ortho nitro benzene ring substituents is 1. The molecule has 0 saturated heterocycles. The van der Waals surface area contributed by atoms with E-state index in [2.05, 4.69) is 9.47 Å². The molecule has 0 aromatic heterocycles. The Hall–Kier alpha value is -3.49. The van der Waals surface area contributed by atoms with Gasteiger partial charge in [-0.3, -0.25) is 14.9 Å². The number of nitro groups is 1. The molecule has 0 bridgehead atoms. The molecule has 132 valence electrons. The number of benzene rings is 1. The number of nitrogens with zero attached hydrogens (tertiary/aromatic N) is 1. The summed E-state index contributed by atoms with van der Waals surface area (Å²) >= 11 is 0. The fourth-order valence-electron chi connectivity index (χ4n) is 1.94. The van der Waals surface area contributed by atoms with Crippen LogP contribution in [0.25, 0.3) is 0 Å². The Morgan fingerprint density at radius 2 is 1.84 bits per heavy atom. The van der Waals surface area contributed by atoms with E-state index < -0.39 is 28.2 Å². The molecule has 9 heteroatoms. The number of carbonyl (C=O) groups excluding carboxylic acids is 3. The first-order valence-corrected chi connectivity index (χ1v) is 6.86. The molecule has 25 heavy (non-hydrogen) atoms. The van der Waals surface area contributed by atoms with E-state index in [9.17, 15) is 24.5 Å². The monoisotopic (exact) mass is 348 g/mol. The molecule has 0 spiro atoms. The fraction of sp³-hybridized carbons (Fsp3) is 0.188. The van der Waals surface area contributed by atoms with Gasteiger partial charge in [0.15, 0.2) is 5.78 Å². The van der Waals surface area contributed by atoms with Gasteiger partial charge in [-0.2, -0.15) is 0 Å². The number of ether oxygens (including phenoxy) is 2. The van der Waals surface area contributed by atoms with Gasteiger partial charge in [-0.1, -0.05) is 12.1 Å². The molecule has 0 aliphatic carbocycles. The summed E-state index contributed by atoms with van der Waals surface area (Å²) in [5.74, 6) is -2.65. The summed E-state index contributed by atoms with van der Waals surface area (Å²) in [5, 5.41) is 10.9. The van der Waals surface area contributed by atoms with Crippen LogP contribution in [0.5, 0.6) is 0 Å². The first kappa shape index (κ1) is 19.6. The van der Waals surface area contributed by atoms with Gasteiger partial charge in [0.2, 0.25) is 0 Å². The Balaban J connectivity index is 3.51. The minimum atomic E-state index is -0.982. The Bertz CT molecular complexity index is 789. The predicted molar refractivity (Wildman–Crippen MR) is 86.4 cm³/mol. The summed E-state index contributed by atoms with van der Waals surface area (Å²) in [6.07, 6.45) is 0.771. The van der Waals surface area contributed by atoms with Gasteiger partial charge in [-0.25, -0.2) is 9.59 Å². The van der Waals surface area contributed by atoms with Crippen molar-refractivity contribution in [2.24, 2.45) is 5.73 Å². The van der Waals surface area contributed by atoms with Crippen LogP contribution < -0.4 is 5.73 Å². The van der Waals surface area contributed by atoms with Gasteiger partial charge in [-0.15, -0.1) is 0 Å². The molecule has 0 aliphatic heterocycles. The van der Waals surface area contributed by atoms with Crippen molar-refractivity contribution in [3.8, 4) is 0 Å². The Labute approximate surface area is 142 Å². The number of ketones is 1. The Morgan fingerprint density at radius 1 is 1.20 bits per heavy atom. The highest BCUT2D eigenvalue weighted by Gasteiger charge is 2.26. The van der Waals surface area contributed by atoms with Crippen molar-refractivity contribution < 1.29 is 28.8 Å². The lowest BCUT2D eigenvalue weighted by molar-refractivity contribution is -0.384. The number of nitro benzene ring substituents is 1. The summed E-state index contributed by atoms with van der Waals surface area (Å²) in [7, 11) is 2.16. The zero-order chi connectivity index (χ0) is 19.1. The highest BCUT2D eigenvalue weighted by Crippen LogP contribution is 2.22. The minimum absolute atomic E-state index is 0.0722. The molecular formula is C16H16N2O7. The first-order chi connectivity index (χ1) is 11.7. The summed E-state index contributed by atoms with van der Waals surface area (Å²) in [5.41, 5.74) is 4.53. The van der Waals surface area contributed by atoms with Crippen molar-refractivity contribution in [1.82, 2.24) is 0 Å². The van der Waals surface area contributed by atoms with Crippen LogP contribution in [-0.4, -0.2) is 36.9 Å². The van der Waals surface area contributed by atoms with Crippen LogP contribution in [0.4, 0.5) is 5.69 Å². The van der Waals surface area contributed by atoms with Crippen LogP contribution in [0.3, 0.4) is 0 Å². The molecule has 2 N–H and O–H groups in total. The quantitative estimate of drug-likeness (QED) is 0.202. The normalized spacial score (nSPS) is 12.0. The number of hydrogen-bond acceptors (Lipinski definition) is 8. The molecule has 1 aromatic carbocycles. The number of rotatable bonds is 6. The van der Waals surface area contributed by atoms with Gasteiger partial charge < -0.3 is 15.2 Å². The number of Topliss-reactive ketones (excluding diaryl/α,β-unsaturated/α-hetero) is 1. The summed E-state index contributed by atoms with van der Waals surface area (Å²) in [4.78, 5) is 46.4. The molecule has 0 aliphatic rings. The molecular weight excluding hydrogens is 332 g/mol. The molecule has 0 saturated carbocycles. The average molecular weight is 348 g/mol. The van der Waals surface area contributed by atoms with E-state index in [1.807, 2.05) is 0 Å². The number of hydrogen-bond donors (Lipinski definition) is 1. The molecule has 0 radical (unpaired) electrons. The summed E-state index contributed by atoms with van der Waals surface area (Å²) in [6.45, 7) is 1.35. The second kappa shape index (κ2) is 8.39. The van der Waals surface area contributed by atoms with E-state index >= 15 is 0 Å². The molecule has 1 rings (SSSR count). The van der Waals surface area contributed by atoms with Crippen LogP contribution >= 0.6 is 0 Å². The zero-order valence-corrected chi connectivity index (χ0v) is 13.8. The number of methoxy groups -OCH3 is 2. The van der Waals surface area contributed by atoms with Gasteiger partial charge in [0.25, 0.3) is 5.69 Å². The SMILES string of the molecule is COC(=O)/C=C(C(=O)OC)\C(C(=O)c1cccc([N+](=O)[O-])c1)=C(/C)N. The minimum Gasteiger partial charge on any atom is -0.466 e. The lowest BCUT2D eigenvalue weighted by Gasteiger charge is -2.11. The first-order valence-electron chi connectivity index (χ1n) is 6.86. The van der Waals surface area contributed by atoms with Gasteiger partial charge in [0.05, 0.1) is 30.3 Å². The van der Waals surface area contributed by atoms with E-state index in [-0.39, 0.29) is 22.5 Å². The standard InChI is InChI=1S/C16H16N2O7/c1-9(17)14(12(16(21)25-3)8-13(19)24-2)15(20)10-5-4-6-11(7-10)18(22)23/h4-8H,17H2,1-3H3/b12-8+,14-9-. The topological polar surface area (TPSA) is 139 Å². The summed E-state index contributed by atoms with van der Waals surface area (Å²) in [6, 6.07) is 4.89. The lowest BCUT2D eigenvalue weighted by atomic mass is 9.94. The highest BCUT2D eigenvalue weighted by molar-refractivity contribution is 6.19. The van der Waals surface area contributed by atoms with E-state index in [1.165, 1.54) is 25.1 Å².